The highest BCUT2D eigenvalue weighted by Crippen LogP contribution is 1.81. The van der Waals surface area contributed by atoms with Gasteiger partial charge in [-0.15, -0.1) is 0 Å². The van der Waals surface area contributed by atoms with Crippen molar-refractivity contribution >= 4 is 10.4 Å². The lowest BCUT2D eigenvalue weighted by atomic mass is 10.9. The normalized spacial score (nSPS) is 9.78. The first-order valence-corrected chi connectivity index (χ1v) is 4.04. The summed E-state index contributed by atoms with van der Waals surface area (Å²) >= 11 is 0. The van der Waals surface area contributed by atoms with Crippen LogP contribution in [0.2, 0.25) is 0 Å². The van der Waals surface area contributed by atoms with E-state index in [-0.39, 0.29) is 6.61 Å². The van der Waals surface area contributed by atoms with E-state index in [4.69, 9.17) is 4.55 Å². The predicted molar refractivity (Wildman–Crippen MR) is 34.5 cm³/mol. The minimum Gasteiger partial charge on any atom is -0.264 e. The third kappa shape index (κ3) is 18.1. The van der Waals surface area contributed by atoms with E-state index >= 15 is 0 Å². The van der Waals surface area contributed by atoms with E-state index in [1.807, 2.05) is 13.8 Å². The van der Waals surface area contributed by atoms with Crippen molar-refractivity contribution in [2.24, 2.45) is 0 Å². The number of hydrogen-bond donors (Lipinski definition) is 1. The Morgan fingerprint density at radius 2 is 1.78 bits per heavy atom. The maximum absolute atomic E-state index is 9.56. The lowest BCUT2D eigenvalue weighted by Crippen LogP contribution is -2.01. The summed E-state index contributed by atoms with van der Waals surface area (Å²) < 4.78 is 30.7. The summed E-state index contributed by atoms with van der Waals surface area (Å²) in [7, 11) is -4.17. The fourth-order valence-electron chi connectivity index (χ4n) is 0.149. The second kappa shape index (κ2) is 6.00. The standard InChI is InChI=1S/C2H6O4S.C2H6/c1-2-6-7(3,4)5;1-2/h2H2,1H3,(H,3,4,5);1-2H3. The minimum atomic E-state index is -4.17. The molecule has 0 radical (unpaired) electrons. The summed E-state index contributed by atoms with van der Waals surface area (Å²) in [6.07, 6.45) is 0. The van der Waals surface area contributed by atoms with E-state index in [2.05, 4.69) is 4.18 Å². The third-order valence-electron chi connectivity index (χ3n) is 0.267. The second-order valence-electron chi connectivity index (χ2n) is 0.834. The SMILES string of the molecule is CC.CCOS(=O)(=O)O. The molecule has 58 valence electrons. The van der Waals surface area contributed by atoms with Gasteiger partial charge >= 0.3 is 10.4 Å². The van der Waals surface area contributed by atoms with Crippen LogP contribution < -0.4 is 0 Å². The van der Waals surface area contributed by atoms with Crippen molar-refractivity contribution in [1.82, 2.24) is 0 Å². The van der Waals surface area contributed by atoms with Gasteiger partial charge in [-0.3, -0.25) is 4.55 Å². The smallest absolute Gasteiger partial charge is 0.264 e. The maximum atomic E-state index is 9.56. The van der Waals surface area contributed by atoms with Crippen LogP contribution in [-0.2, 0) is 14.6 Å². The van der Waals surface area contributed by atoms with Gasteiger partial charge in [-0.2, -0.15) is 8.42 Å². The van der Waals surface area contributed by atoms with Gasteiger partial charge in [0.15, 0.2) is 0 Å². The van der Waals surface area contributed by atoms with Crippen LogP contribution in [0.25, 0.3) is 0 Å². The number of rotatable bonds is 2. The zero-order valence-corrected chi connectivity index (χ0v) is 6.60. The van der Waals surface area contributed by atoms with Crippen molar-refractivity contribution in [3.05, 3.63) is 0 Å². The molecule has 0 saturated heterocycles. The van der Waals surface area contributed by atoms with Gasteiger partial charge in [0.05, 0.1) is 6.61 Å². The predicted octanol–water partition coefficient (Wildman–Crippen LogP) is 0.852. The lowest BCUT2D eigenvalue weighted by Gasteiger charge is -1.88. The average Bonchev–Trinajstić information content (AvgIpc) is 1.69. The molecule has 9 heavy (non-hydrogen) atoms. The molecular formula is C4H12O4S. The highest BCUT2D eigenvalue weighted by molar-refractivity contribution is 7.80. The van der Waals surface area contributed by atoms with Crippen molar-refractivity contribution in [2.45, 2.75) is 20.8 Å². The first-order chi connectivity index (χ1) is 4.06. The van der Waals surface area contributed by atoms with E-state index in [1.165, 1.54) is 6.92 Å². The van der Waals surface area contributed by atoms with Crippen LogP contribution in [0.1, 0.15) is 20.8 Å². The molecule has 0 aliphatic heterocycles. The highest BCUT2D eigenvalue weighted by Gasteiger charge is 1.98. The van der Waals surface area contributed by atoms with Crippen LogP contribution in [0.15, 0.2) is 0 Å². The van der Waals surface area contributed by atoms with Gasteiger partial charge in [-0.25, -0.2) is 4.18 Å². The summed E-state index contributed by atoms with van der Waals surface area (Å²) in [5.41, 5.74) is 0. The Labute approximate surface area is 55.8 Å². The maximum Gasteiger partial charge on any atom is 0.397 e. The molecule has 0 fully saturated rings. The molecule has 0 rings (SSSR count). The molecule has 0 heterocycles. The molecule has 0 aromatic carbocycles. The first-order valence-electron chi connectivity index (χ1n) is 2.68. The van der Waals surface area contributed by atoms with Crippen LogP contribution in [-0.4, -0.2) is 19.6 Å². The van der Waals surface area contributed by atoms with Crippen molar-refractivity contribution in [3.63, 3.8) is 0 Å². The molecule has 0 amide bonds. The molecule has 1 N–H and O–H groups in total. The molecule has 0 aromatic heterocycles. The van der Waals surface area contributed by atoms with Crippen LogP contribution in [0.5, 0.6) is 0 Å². The monoisotopic (exact) mass is 156 g/mol. The molecule has 5 heteroatoms. The van der Waals surface area contributed by atoms with Crippen LogP contribution in [0.3, 0.4) is 0 Å². The van der Waals surface area contributed by atoms with Gasteiger partial charge < -0.3 is 0 Å². The first kappa shape index (κ1) is 11.6. The Kier molecular flexibility index (Phi) is 7.76. The Hall–Kier alpha value is -0.130. The Balaban J connectivity index is 0. The van der Waals surface area contributed by atoms with Gasteiger partial charge in [0.2, 0.25) is 0 Å². The summed E-state index contributed by atoms with van der Waals surface area (Å²) in [5, 5.41) is 0. The quantitative estimate of drug-likeness (QED) is 0.602. The molecule has 0 aliphatic carbocycles. The van der Waals surface area contributed by atoms with Gasteiger partial charge in [-0.05, 0) is 6.92 Å². The third-order valence-corrected chi connectivity index (χ3v) is 0.800. The largest absolute Gasteiger partial charge is 0.397 e. The van der Waals surface area contributed by atoms with Gasteiger partial charge in [-0.1, -0.05) is 13.8 Å². The number of hydrogen-bond acceptors (Lipinski definition) is 3. The second-order valence-corrected chi connectivity index (χ2v) is 1.93. The van der Waals surface area contributed by atoms with Gasteiger partial charge in [0.1, 0.15) is 0 Å². The van der Waals surface area contributed by atoms with Gasteiger partial charge in [0.25, 0.3) is 0 Å². The molecular weight excluding hydrogens is 144 g/mol. The average molecular weight is 156 g/mol. The van der Waals surface area contributed by atoms with Crippen LogP contribution in [0, 0.1) is 0 Å². The van der Waals surface area contributed by atoms with Crippen molar-refractivity contribution in [1.29, 1.82) is 0 Å². The van der Waals surface area contributed by atoms with Crippen LogP contribution >= 0.6 is 0 Å². The summed E-state index contributed by atoms with van der Waals surface area (Å²) in [6, 6.07) is 0. The Bertz CT molecular complexity index is 126. The zero-order valence-electron chi connectivity index (χ0n) is 5.79. The molecule has 0 aliphatic rings. The van der Waals surface area contributed by atoms with Crippen molar-refractivity contribution < 1.29 is 17.2 Å². The topological polar surface area (TPSA) is 63.6 Å². The van der Waals surface area contributed by atoms with E-state index in [1.54, 1.807) is 0 Å². The Morgan fingerprint density at radius 3 is 1.78 bits per heavy atom. The molecule has 0 saturated carbocycles. The van der Waals surface area contributed by atoms with E-state index < -0.39 is 10.4 Å². The lowest BCUT2D eigenvalue weighted by molar-refractivity contribution is 0.283. The zero-order chi connectivity index (χ0) is 7.91. The van der Waals surface area contributed by atoms with Crippen molar-refractivity contribution in [2.75, 3.05) is 6.61 Å². The summed E-state index contributed by atoms with van der Waals surface area (Å²) in [5.74, 6) is 0. The summed E-state index contributed by atoms with van der Waals surface area (Å²) in [6.45, 7) is 5.44. The fourth-order valence-corrected chi connectivity index (χ4v) is 0.447. The molecule has 0 unspecified atom stereocenters. The molecule has 0 spiro atoms. The van der Waals surface area contributed by atoms with Crippen LogP contribution in [0.4, 0.5) is 0 Å². The molecule has 0 aromatic rings. The Morgan fingerprint density at radius 1 is 1.44 bits per heavy atom. The van der Waals surface area contributed by atoms with E-state index in [0.717, 1.165) is 0 Å². The van der Waals surface area contributed by atoms with E-state index in [9.17, 15) is 8.42 Å². The molecule has 0 bridgehead atoms. The van der Waals surface area contributed by atoms with Crippen molar-refractivity contribution in [3.8, 4) is 0 Å². The fraction of sp³-hybridized carbons (Fsp3) is 1.00. The minimum absolute atomic E-state index is 0.0289. The molecule has 0 atom stereocenters. The van der Waals surface area contributed by atoms with E-state index in [0.29, 0.717) is 0 Å². The van der Waals surface area contributed by atoms with Gasteiger partial charge in [0, 0.05) is 0 Å². The highest BCUT2D eigenvalue weighted by atomic mass is 32.3. The molecule has 4 nitrogen and oxygen atoms in total. The summed E-state index contributed by atoms with van der Waals surface area (Å²) in [4.78, 5) is 0.